The first-order valence-electron chi connectivity index (χ1n) is 3.92. The fourth-order valence-corrected chi connectivity index (χ4v) is 0.978. The molecule has 0 saturated carbocycles. The topological polar surface area (TPSA) is 29.5 Å². The van der Waals surface area contributed by atoms with Crippen LogP contribution in [0.2, 0.25) is 0 Å². The van der Waals surface area contributed by atoms with Gasteiger partial charge in [0.1, 0.15) is 11.9 Å². The highest BCUT2D eigenvalue weighted by atomic mass is 19.4. The van der Waals surface area contributed by atoms with Gasteiger partial charge in [-0.3, -0.25) is 0 Å². The van der Waals surface area contributed by atoms with Gasteiger partial charge in [0.15, 0.2) is 0 Å². The van der Waals surface area contributed by atoms with Crippen LogP contribution in [0.25, 0.3) is 0 Å². The Hall–Kier alpha value is -1.67. The highest BCUT2D eigenvalue weighted by Crippen LogP contribution is 2.25. The maximum absolute atomic E-state index is 11.8. The molecule has 15 heavy (non-hydrogen) atoms. The third-order valence-corrected chi connectivity index (χ3v) is 1.57. The van der Waals surface area contributed by atoms with Crippen molar-refractivity contribution >= 4 is 0 Å². The van der Waals surface area contributed by atoms with Crippen LogP contribution in [0.4, 0.5) is 13.2 Å². The molecule has 1 atom stereocenters. The van der Waals surface area contributed by atoms with Crippen molar-refractivity contribution in [2.75, 3.05) is 0 Å². The Kier molecular flexibility index (Phi) is 3.22. The van der Waals surface area contributed by atoms with E-state index in [-0.39, 0.29) is 5.56 Å². The molecule has 1 aromatic rings. The van der Waals surface area contributed by atoms with Crippen LogP contribution in [-0.4, -0.2) is 11.5 Å². The maximum atomic E-state index is 11.8. The zero-order chi connectivity index (χ0) is 11.5. The second-order valence-electron chi connectivity index (χ2n) is 2.69. The fourth-order valence-electron chi connectivity index (χ4n) is 0.978. The first-order valence-corrected chi connectivity index (χ1v) is 3.92. The molecule has 0 bridgehead atoms. The first-order chi connectivity index (χ1) is 6.92. The van der Waals surface area contributed by atoms with Crippen LogP contribution in [0.1, 0.15) is 11.7 Å². The molecule has 0 heterocycles. The number of aliphatic hydroxyl groups excluding tert-OH is 1. The molecular weight excluding hydrogens is 209 g/mol. The molecule has 0 spiro atoms. The molecule has 0 amide bonds. The second-order valence-corrected chi connectivity index (χ2v) is 2.69. The monoisotopic (exact) mass is 216 g/mol. The van der Waals surface area contributed by atoms with Crippen LogP contribution in [0.5, 0.6) is 5.75 Å². The first kappa shape index (κ1) is 11.4. The summed E-state index contributed by atoms with van der Waals surface area (Å²) in [5, 5.41) is 9.18. The van der Waals surface area contributed by atoms with Gasteiger partial charge in [-0.25, -0.2) is 0 Å². The number of hydrogen-bond donors (Lipinski definition) is 1. The van der Waals surface area contributed by atoms with E-state index in [4.69, 9.17) is 6.42 Å². The average Bonchev–Trinajstić information content (AvgIpc) is 2.14. The molecule has 0 radical (unpaired) electrons. The molecule has 0 aliphatic carbocycles. The molecule has 1 aromatic carbocycles. The lowest BCUT2D eigenvalue weighted by Crippen LogP contribution is -2.17. The van der Waals surface area contributed by atoms with Crippen molar-refractivity contribution in [2.24, 2.45) is 0 Å². The van der Waals surface area contributed by atoms with E-state index in [0.717, 1.165) is 12.1 Å². The van der Waals surface area contributed by atoms with Crippen LogP contribution in [0, 0.1) is 12.3 Å². The van der Waals surface area contributed by atoms with Gasteiger partial charge < -0.3 is 9.84 Å². The Balaban J connectivity index is 2.89. The third-order valence-electron chi connectivity index (χ3n) is 1.57. The molecule has 0 aliphatic rings. The molecule has 0 aromatic heterocycles. The quantitative estimate of drug-likeness (QED) is 0.768. The number of rotatable bonds is 2. The molecular formula is C10H7F3O2. The van der Waals surface area contributed by atoms with E-state index in [1.165, 1.54) is 12.1 Å². The number of benzene rings is 1. The molecule has 5 heteroatoms. The second kappa shape index (κ2) is 4.24. The van der Waals surface area contributed by atoms with Crippen molar-refractivity contribution in [2.45, 2.75) is 12.5 Å². The van der Waals surface area contributed by atoms with Crippen LogP contribution < -0.4 is 4.74 Å². The van der Waals surface area contributed by atoms with E-state index in [2.05, 4.69) is 4.74 Å². The number of halogens is 3. The van der Waals surface area contributed by atoms with Crippen molar-refractivity contribution in [1.82, 2.24) is 0 Å². The van der Waals surface area contributed by atoms with Crippen LogP contribution in [0.15, 0.2) is 24.3 Å². The summed E-state index contributed by atoms with van der Waals surface area (Å²) in [4.78, 5) is 0. The van der Waals surface area contributed by atoms with Crippen molar-refractivity contribution in [3.63, 3.8) is 0 Å². The Morgan fingerprint density at radius 2 is 2.07 bits per heavy atom. The minimum absolute atomic E-state index is 0.180. The molecule has 0 saturated heterocycles. The third kappa shape index (κ3) is 3.52. The summed E-state index contributed by atoms with van der Waals surface area (Å²) >= 11 is 0. The summed E-state index contributed by atoms with van der Waals surface area (Å²) in [5.41, 5.74) is 0.180. The van der Waals surface area contributed by atoms with Gasteiger partial charge in [0.25, 0.3) is 0 Å². The molecule has 2 nitrogen and oxygen atoms in total. The summed E-state index contributed by atoms with van der Waals surface area (Å²) in [6.45, 7) is 0. The number of hydrogen-bond acceptors (Lipinski definition) is 2. The van der Waals surface area contributed by atoms with Gasteiger partial charge in [0.2, 0.25) is 0 Å². The van der Waals surface area contributed by atoms with Crippen molar-refractivity contribution < 1.29 is 23.0 Å². The number of ether oxygens (including phenoxy) is 1. The minimum Gasteiger partial charge on any atom is -0.406 e. The summed E-state index contributed by atoms with van der Waals surface area (Å²) in [5.74, 6) is 1.58. The van der Waals surface area contributed by atoms with Crippen molar-refractivity contribution in [3.05, 3.63) is 29.8 Å². The highest BCUT2D eigenvalue weighted by molar-refractivity contribution is 5.32. The summed E-state index contributed by atoms with van der Waals surface area (Å²) in [6, 6.07) is 4.89. The van der Waals surface area contributed by atoms with E-state index < -0.39 is 18.2 Å². The van der Waals surface area contributed by atoms with Crippen molar-refractivity contribution in [3.8, 4) is 18.1 Å². The maximum Gasteiger partial charge on any atom is 0.573 e. The molecule has 1 unspecified atom stereocenters. The van der Waals surface area contributed by atoms with Crippen LogP contribution >= 0.6 is 0 Å². The fraction of sp³-hybridized carbons (Fsp3) is 0.200. The average molecular weight is 216 g/mol. The Morgan fingerprint density at radius 3 is 2.60 bits per heavy atom. The van der Waals surface area contributed by atoms with E-state index >= 15 is 0 Å². The van der Waals surface area contributed by atoms with Gasteiger partial charge in [-0.15, -0.1) is 19.6 Å². The Labute approximate surface area is 84.3 Å². The number of terminal acetylenes is 1. The smallest absolute Gasteiger partial charge is 0.406 e. The van der Waals surface area contributed by atoms with E-state index in [0.29, 0.717) is 0 Å². The normalized spacial score (nSPS) is 13.0. The minimum atomic E-state index is -4.75. The van der Waals surface area contributed by atoms with Gasteiger partial charge in [-0.1, -0.05) is 18.1 Å². The molecule has 0 aliphatic heterocycles. The van der Waals surface area contributed by atoms with Crippen LogP contribution in [0.3, 0.4) is 0 Å². The Bertz CT molecular complexity index is 379. The highest BCUT2D eigenvalue weighted by Gasteiger charge is 2.31. The van der Waals surface area contributed by atoms with Gasteiger partial charge in [-0.2, -0.15) is 0 Å². The van der Waals surface area contributed by atoms with E-state index in [1.807, 2.05) is 5.92 Å². The lowest BCUT2D eigenvalue weighted by molar-refractivity contribution is -0.274. The predicted octanol–water partition coefficient (Wildman–Crippen LogP) is 2.25. The largest absolute Gasteiger partial charge is 0.573 e. The van der Waals surface area contributed by atoms with Crippen molar-refractivity contribution in [1.29, 1.82) is 0 Å². The summed E-state index contributed by atoms with van der Waals surface area (Å²) in [7, 11) is 0. The molecule has 80 valence electrons. The zero-order valence-electron chi connectivity index (χ0n) is 7.45. The summed E-state index contributed by atoms with van der Waals surface area (Å²) < 4.78 is 39.2. The predicted molar refractivity (Wildman–Crippen MR) is 46.9 cm³/mol. The number of aliphatic hydroxyl groups is 1. The zero-order valence-corrected chi connectivity index (χ0v) is 7.45. The Morgan fingerprint density at radius 1 is 1.40 bits per heavy atom. The SMILES string of the molecule is C#CC(O)c1cccc(OC(F)(F)F)c1. The molecule has 1 rings (SSSR count). The number of alkyl halides is 3. The summed E-state index contributed by atoms with van der Waals surface area (Å²) in [6.07, 6.45) is -1.07. The lowest BCUT2D eigenvalue weighted by Gasteiger charge is -2.10. The standard InChI is InChI=1S/C10H7F3O2/c1-2-9(14)7-4-3-5-8(6-7)15-10(11,12)13/h1,3-6,9,14H. The molecule has 1 N–H and O–H groups in total. The van der Waals surface area contributed by atoms with Gasteiger partial charge in [0, 0.05) is 0 Å². The van der Waals surface area contributed by atoms with Gasteiger partial charge in [0.05, 0.1) is 0 Å². The lowest BCUT2D eigenvalue weighted by atomic mass is 10.1. The van der Waals surface area contributed by atoms with Gasteiger partial charge in [-0.05, 0) is 17.7 Å². The molecule has 0 fully saturated rings. The van der Waals surface area contributed by atoms with E-state index in [9.17, 15) is 18.3 Å². The van der Waals surface area contributed by atoms with Crippen LogP contribution in [-0.2, 0) is 0 Å². The van der Waals surface area contributed by atoms with E-state index in [1.54, 1.807) is 0 Å². The van der Waals surface area contributed by atoms with Gasteiger partial charge >= 0.3 is 6.36 Å².